The lowest BCUT2D eigenvalue weighted by molar-refractivity contribution is 0.798. The van der Waals surface area contributed by atoms with Crippen LogP contribution in [0.5, 0.6) is 0 Å². The van der Waals surface area contributed by atoms with Gasteiger partial charge in [0.1, 0.15) is 10.9 Å². The Balaban J connectivity index is 2.16. The summed E-state index contributed by atoms with van der Waals surface area (Å²) in [6.07, 6.45) is 0. The van der Waals surface area contributed by atoms with Gasteiger partial charge in [-0.25, -0.2) is 4.68 Å². The van der Waals surface area contributed by atoms with Gasteiger partial charge in [-0.1, -0.05) is 17.7 Å². The third-order valence-electron chi connectivity index (χ3n) is 4.57. The lowest BCUT2D eigenvalue weighted by atomic mass is 10.1. The Morgan fingerprint density at radius 3 is 2.46 bits per heavy atom. The molecule has 0 fully saturated rings. The molecule has 0 aliphatic carbocycles. The van der Waals surface area contributed by atoms with E-state index in [1.807, 2.05) is 19.9 Å². The molecule has 0 bridgehead atoms. The van der Waals surface area contributed by atoms with E-state index in [1.54, 1.807) is 24.3 Å². The molecule has 0 saturated carbocycles. The Labute approximate surface area is 151 Å². The predicted octanol–water partition coefficient (Wildman–Crippen LogP) is 2.79. The van der Waals surface area contributed by atoms with Crippen molar-refractivity contribution in [1.29, 1.82) is 0 Å². The van der Waals surface area contributed by atoms with Crippen LogP contribution >= 0.6 is 11.6 Å². The molecule has 2 heterocycles. The van der Waals surface area contributed by atoms with Gasteiger partial charge >= 0.3 is 0 Å². The Morgan fingerprint density at radius 2 is 1.73 bits per heavy atom. The molecule has 0 aliphatic heterocycles. The minimum absolute atomic E-state index is 0.0603. The van der Waals surface area contributed by atoms with Gasteiger partial charge in [-0.15, -0.1) is 0 Å². The van der Waals surface area contributed by atoms with Crippen molar-refractivity contribution in [1.82, 2.24) is 14.8 Å². The van der Waals surface area contributed by atoms with Crippen molar-refractivity contribution in [3.05, 3.63) is 83.5 Å². The van der Waals surface area contributed by atoms with E-state index in [-0.39, 0.29) is 10.9 Å². The van der Waals surface area contributed by atoms with E-state index in [1.165, 1.54) is 6.07 Å². The van der Waals surface area contributed by atoms with E-state index in [4.69, 9.17) is 11.6 Å². The van der Waals surface area contributed by atoms with Gasteiger partial charge in [0.25, 0.3) is 11.1 Å². The number of pyridine rings is 1. The molecule has 2 N–H and O–H groups in total. The first-order chi connectivity index (χ1) is 12.4. The van der Waals surface area contributed by atoms with Crippen molar-refractivity contribution in [3.8, 4) is 5.69 Å². The standard InChI is InChI=1S/C19H14ClN3O3/c1-9-3-5-12(7-10(9)2)23-19(26)15-16(18(25)22-23)21-14-8-11(20)4-6-13(14)17(15)24/h3-8H,1-2H3,(H,21,24)(H,22,25). The van der Waals surface area contributed by atoms with Crippen LogP contribution in [0.25, 0.3) is 27.5 Å². The average Bonchev–Trinajstić information content (AvgIpc) is 2.60. The molecule has 0 saturated heterocycles. The molecule has 0 amide bonds. The van der Waals surface area contributed by atoms with Gasteiger partial charge in [0.05, 0.1) is 11.2 Å². The molecular formula is C19H14ClN3O3. The number of benzene rings is 2. The highest BCUT2D eigenvalue weighted by molar-refractivity contribution is 6.31. The Morgan fingerprint density at radius 1 is 0.962 bits per heavy atom. The second kappa shape index (κ2) is 5.71. The number of aryl methyl sites for hydroxylation is 2. The number of aromatic amines is 2. The fraction of sp³-hybridized carbons (Fsp3) is 0.105. The van der Waals surface area contributed by atoms with Crippen LogP contribution in [0.1, 0.15) is 11.1 Å². The van der Waals surface area contributed by atoms with Crippen molar-refractivity contribution >= 4 is 33.4 Å². The van der Waals surface area contributed by atoms with Gasteiger partial charge in [0.2, 0.25) is 5.43 Å². The van der Waals surface area contributed by atoms with E-state index in [9.17, 15) is 14.4 Å². The summed E-state index contributed by atoms with van der Waals surface area (Å²) in [5.41, 5.74) is 1.23. The number of nitrogens with zero attached hydrogens (tertiary/aromatic N) is 1. The number of H-pyrrole nitrogens is 2. The molecule has 4 rings (SSSR count). The maximum Gasteiger partial charge on any atom is 0.287 e. The van der Waals surface area contributed by atoms with Gasteiger partial charge < -0.3 is 4.98 Å². The van der Waals surface area contributed by atoms with Gasteiger partial charge in [-0.05, 0) is 55.3 Å². The lowest BCUT2D eigenvalue weighted by Gasteiger charge is -2.10. The summed E-state index contributed by atoms with van der Waals surface area (Å²) in [6.45, 7) is 3.86. The number of nitrogens with one attached hydrogen (secondary N) is 2. The second-order valence-corrected chi connectivity index (χ2v) is 6.68. The van der Waals surface area contributed by atoms with Crippen LogP contribution in [-0.4, -0.2) is 14.8 Å². The summed E-state index contributed by atoms with van der Waals surface area (Å²) < 4.78 is 1.11. The molecule has 4 aromatic rings. The van der Waals surface area contributed by atoms with Gasteiger partial charge in [-0.3, -0.25) is 19.5 Å². The molecule has 0 unspecified atom stereocenters. The normalized spacial score (nSPS) is 11.3. The van der Waals surface area contributed by atoms with Crippen molar-refractivity contribution in [2.24, 2.45) is 0 Å². The van der Waals surface area contributed by atoms with Crippen LogP contribution in [0.4, 0.5) is 0 Å². The zero-order chi connectivity index (χ0) is 18.6. The molecule has 0 aliphatic rings. The van der Waals surface area contributed by atoms with Crippen LogP contribution in [0.15, 0.2) is 50.8 Å². The molecule has 7 heteroatoms. The lowest BCUT2D eigenvalue weighted by Crippen LogP contribution is -2.32. The maximum absolute atomic E-state index is 13.0. The van der Waals surface area contributed by atoms with E-state index >= 15 is 0 Å². The highest BCUT2D eigenvalue weighted by atomic mass is 35.5. The molecule has 26 heavy (non-hydrogen) atoms. The van der Waals surface area contributed by atoms with Gasteiger partial charge in [0.15, 0.2) is 0 Å². The fourth-order valence-electron chi connectivity index (χ4n) is 3.00. The minimum Gasteiger partial charge on any atom is -0.350 e. The molecule has 0 atom stereocenters. The van der Waals surface area contributed by atoms with Crippen molar-refractivity contribution in [2.45, 2.75) is 13.8 Å². The number of hydrogen-bond acceptors (Lipinski definition) is 3. The first-order valence-corrected chi connectivity index (χ1v) is 8.33. The summed E-state index contributed by atoms with van der Waals surface area (Å²) in [6, 6.07) is 10.0. The molecule has 2 aromatic heterocycles. The monoisotopic (exact) mass is 367 g/mol. The zero-order valence-corrected chi connectivity index (χ0v) is 14.8. The zero-order valence-electron chi connectivity index (χ0n) is 14.0. The molecule has 0 spiro atoms. The van der Waals surface area contributed by atoms with Crippen LogP contribution in [0.2, 0.25) is 5.02 Å². The summed E-state index contributed by atoms with van der Waals surface area (Å²) in [7, 11) is 0. The summed E-state index contributed by atoms with van der Waals surface area (Å²) in [4.78, 5) is 41.2. The molecule has 6 nitrogen and oxygen atoms in total. The minimum atomic E-state index is -0.582. The van der Waals surface area contributed by atoms with Crippen LogP contribution in [-0.2, 0) is 0 Å². The van der Waals surface area contributed by atoms with E-state index < -0.39 is 16.5 Å². The Hall–Kier alpha value is -3.12. The topological polar surface area (TPSA) is 87.7 Å². The quantitative estimate of drug-likeness (QED) is 0.507. The Kier molecular flexibility index (Phi) is 3.59. The van der Waals surface area contributed by atoms with E-state index in [0.717, 1.165) is 15.8 Å². The maximum atomic E-state index is 13.0. The molecule has 2 aromatic carbocycles. The van der Waals surface area contributed by atoms with Crippen LogP contribution < -0.4 is 16.5 Å². The summed E-state index contributed by atoms with van der Waals surface area (Å²) in [5.74, 6) is 0. The summed E-state index contributed by atoms with van der Waals surface area (Å²) in [5, 5.41) is 3.08. The van der Waals surface area contributed by atoms with Gasteiger partial charge in [-0.2, -0.15) is 0 Å². The third kappa shape index (κ3) is 2.38. The third-order valence-corrected chi connectivity index (χ3v) is 4.80. The summed E-state index contributed by atoms with van der Waals surface area (Å²) >= 11 is 5.95. The van der Waals surface area contributed by atoms with Crippen molar-refractivity contribution in [3.63, 3.8) is 0 Å². The number of hydrogen-bond donors (Lipinski definition) is 2. The van der Waals surface area contributed by atoms with E-state index in [2.05, 4.69) is 10.1 Å². The van der Waals surface area contributed by atoms with Crippen LogP contribution in [0, 0.1) is 13.8 Å². The second-order valence-electron chi connectivity index (χ2n) is 6.24. The van der Waals surface area contributed by atoms with Crippen LogP contribution in [0.3, 0.4) is 0 Å². The predicted molar refractivity (Wildman–Crippen MR) is 103 cm³/mol. The fourth-order valence-corrected chi connectivity index (χ4v) is 3.18. The van der Waals surface area contributed by atoms with Crippen molar-refractivity contribution in [2.75, 3.05) is 0 Å². The first-order valence-electron chi connectivity index (χ1n) is 7.95. The Bertz CT molecular complexity index is 1380. The largest absolute Gasteiger partial charge is 0.350 e. The number of fused-ring (bicyclic) bond motifs is 2. The first kappa shape index (κ1) is 16.4. The highest BCUT2D eigenvalue weighted by Crippen LogP contribution is 2.17. The smallest absolute Gasteiger partial charge is 0.287 e. The number of halogens is 1. The highest BCUT2D eigenvalue weighted by Gasteiger charge is 2.15. The average molecular weight is 368 g/mol. The number of rotatable bonds is 1. The van der Waals surface area contributed by atoms with Crippen molar-refractivity contribution < 1.29 is 0 Å². The van der Waals surface area contributed by atoms with E-state index in [0.29, 0.717) is 21.6 Å². The van der Waals surface area contributed by atoms with Gasteiger partial charge in [0, 0.05) is 10.4 Å². The molecule has 130 valence electrons. The SMILES string of the molecule is Cc1ccc(-n2[nH]c(=O)c3[nH]c4cc(Cl)ccc4c(=O)c3c2=O)cc1C. The number of aromatic nitrogens is 3. The molecular weight excluding hydrogens is 354 g/mol. The molecule has 0 radical (unpaired) electrons.